The van der Waals surface area contributed by atoms with E-state index in [4.69, 9.17) is 9.57 Å². The van der Waals surface area contributed by atoms with Crippen LogP contribution in [0.2, 0.25) is 0 Å². The molecule has 0 saturated heterocycles. The fourth-order valence-electron chi connectivity index (χ4n) is 1.15. The first-order valence-corrected chi connectivity index (χ1v) is 4.97. The molecule has 0 radical (unpaired) electrons. The minimum atomic E-state index is -1.01. The molecular formula is C11H13F2NO3. The monoisotopic (exact) mass is 245 g/mol. The largest absolute Gasteiger partial charge is 0.382 e. The Morgan fingerprint density at radius 2 is 2.12 bits per heavy atom. The van der Waals surface area contributed by atoms with E-state index in [1.165, 1.54) is 19.2 Å². The summed E-state index contributed by atoms with van der Waals surface area (Å²) in [7, 11) is 1.49. The first-order chi connectivity index (χ1) is 8.15. The zero-order valence-electron chi connectivity index (χ0n) is 9.33. The van der Waals surface area contributed by atoms with Crippen LogP contribution in [0.3, 0.4) is 0 Å². The summed E-state index contributed by atoms with van der Waals surface area (Å²) in [6, 6.07) is 3.67. The van der Waals surface area contributed by atoms with Gasteiger partial charge in [0.25, 0.3) is 0 Å². The van der Waals surface area contributed by atoms with E-state index in [-0.39, 0.29) is 18.6 Å². The van der Waals surface area contributed by atoms with E-state index < -0.39 is 17.5 Å². The van der Waals surface area contributed by atoms with E-state index in [1.807, 2.05) is 0 Å². The van der Waals surface area contributed by atoms with Crippen molar-refractivity contribution in [1.29, 1.82) is 0 Å². The van der Waals surface area contributed by atoms with Crippen LogP contribution in [0.15, 0.2) is 18.2 Å². The predicted octanol–water partition coefficient (Wildman–Crippen LogP) is 1.20. The Labute approximate surface area is 97.5 Å². The van der Waals surface area contributed by atoms with Crippen LogP contribution >= 0.6 is 0 Å². The summed E-state index contributed by atoms with van der Waals surface area (Å²) in [5.41, 5.74) is 2.09. The number of halogens is 2. The maximum atomic E-state index is 13.2. The molecule has 0 atom stereocenters. The van der Waals surface area contributed by atoms with Crippen molar-refractivity contribution in [3.8, 4) is 0 Å². The second-order valence-corrected chi connectivity index (χ2v) is 3.26. The Morgan fingerprint density at radius 1 is 1.35 bits per heavy atom. The van der Waals surface area contributed by atoms with Gasteiger partial charge in [0.2, 0.25) is 5.91 Å². The van der Waals surface area contributed by atoms with E-state index in [2.05, 4.69) is 5.48 Å². The molecule has 0 aliphatic carbocycles. The third-order valence-corrected chi connectivity index (χ3v) is 1.96. The van der Waals surface area contributed by atoms with Crippen molar-refractivity contribution in [2.24, 2.45) is 0 Å². The summed E-state index contributed by atoms with van der Waals surface area (Å²) in [5.74, 6) is -2.54. The van der Waals surface area contributed by atoms with Crippen LogP contribution in [0.25, 0.3) is 0 Å². The lowest BCUT2D eigenvalue weighted by atomic mass is 10.1. The van der Waals surface area contributed by atoms with E-state index in [0.717, 1.165) is 6.07 Å². The van der Waals surface area contributed by atoms with E-state index in [0.29, 0.717) is 6.61 Å². The van der Waals surface area contributed by atoms with Crippen LogP contribution < -0.4 is 5.48 Å². The Morgan fingerprint density at radius 3 is 2.82 bits per heavy atom. The van der Waals surface area contributed by atoms with Crippen LogP contribution in [0.4, 0.5) is 8.78 Å². The van der Waals surface area contributed by atoms with Crippen LogP contribution in [0, 0.1) is 11.6 Å². The number of hydroxylamine groups is 1. The summed E-state index contributed by atoms with van der Waals surface area (Å²) in [6.45, 7) is 0.516. The second-order valence-electron chi connectivity index (χ2n) is 3.26. The van der Waals surface area contributed by atoms with Crippen molar-refractivity contribution in [2.45, 2.75) is 6.42 Å². The SMILES string of the molecule is COCCONC(=O)Cc1cccc(F)c1F. The Balaban J connectivity index is 2.43. The highest BCUT2D eigenvalue weighted by Crippen LogP contribution is 2.11. The molecule has 0 bridgehead atoms. The van der Waals surface area contributed by atoms with Gasteiger partial charge >= 0.3 is 0 Å². The highest BCUT2D eigenvalue weighted by molar-refractivity contribution is 5.77. The number of benzene rings is 1. The lowest BCUT2D eigenvalue weighted by Crippen LogP contribution is -2.27. The molecule has 0 aliphatic rings. The van der Waals surface area contributed by atoms with Gasteiger partial charge in [0, 0.05) is 12.7 Å². The minimum Gasteiger partial charge on any atom is -0.382 e. The molecule has 1 amide bonds. The Hall–Kier alpha value is -1.53. The molecule has 1 rings (SSSR count). The first kappa shape index (κ1) is 13.5. The number of amides is 1. The van der Waals surface area contributed by atoms with Gasteiger partial charge in [-0.15, -0.1) is 0 Å². The maximum Gasteiger partial charge on any atom is 0.248 e. The summed E-state index contributed by atoms with van der Waals surface area (Å²) in [6.07, 6.45) is -0.281. The first-order valence-electron chi connectivity index (χ1n) is 4.97. The van der Waals surface area contributed by atoms with Crippen LogP contribution in [-0.4, -0.2) is 26.2 Å². The van der Waals surface area contributed by atoms with Crippen molar-refractivity contribution in [1.82, 2.24) is 5.48 Å². The number of hydrogen-bond acceptors (Lipinski definition) is 3. The zero-order chi connectivity index (χ0) is 12.7. The highest BCUT2D eigenvalue weighted by atomic mass is 19.2. The molecule has 0 unspecified atom stereocenters. The second kappa shape index (κ2) is 6.93. The molecule has 0 fully saturated rings. The molecule has 0 spiro atoms. The van der Waals surface area contributed by atoms with Gasteiger partial charge in [0.05, 0.1) is 19.6 Å². The van der Waals surface area contributed by atoms with E-state index >= 15 is 0 Å². The van der Waals surface area contributed by atoms with Gasteiger partial charge in [-0.05, 0) is 6.07 Å². The van der Waals surface area contributed by atoms with Gasteiger partial charge in [0.15, 0.2) is 11.6 Å². The number of methoxy groups -OCH3 is 1. The molecular weight excluding hydrogens is 232 g/mol. The van der Waals surface area contributed by atoms with Crippen molar-refractivity contribution in [3.05, 3.63) is 35.4 Å². The summed E-state index contributed by atoms with van der Waals surface area (Å²) in [4.78, 5) is 16.0. The molecule has 1 N–H and O–H groups in total. The van der Waals surface area contributed by atoms with Crippen molar-refractivity contribution in [2.75, 3.05) is 20.3 Å². The average molecular weight is 245 g/mol. The fourth-order valence-corrected chi connectivity index (χ4v) is 1.15. The molecule has 17 heavy (non-hydrogen) atoms. The third-order valence-electron chi connectivity index (χ3n) is 1.96. The Kier molecular flexibility index (Phi) is 5.51. The summed E-state index contributed by atoms with van der Waals surface area (Å²) < 4.78 is 30.7. The van der Waals surface area contributed by atoms with Crippen molar-refractivity contribution < 1.29 is 23.1 Å². The number of rotatable bonds is 6. The molecule has 6 heteroatoms. The molecule has 1 aromatic carbocycles. The number of hydrogen-bond donors (Lipinski definition) is 1. The third kappa shape index (κ3) is 4.46. The number of carbonyl (C=O) groups excluding carboxylic acids is 1. The lowest BCUT2D eigenvalue weighted by molar-refractivity contribution is -0.133. The van der Waals surface area contributed by atoms with Crippen molar-refractivity contribution >= 4 is 5.91 Å². The number of carbonyl (C=O) groups is 1. The maximum absolute atomic E-state index is 13.2. The van der Waals surface area contributed by atoms with Gasteiger partial charge in [-0.1, -0.05) is 12.1 Å². The summed E-state index contributed by atoms with van der Waals surface area (Å²) in [5, 5.41) is 0. The molecule has 1 aromatic rings. The zero-order valence-corrected chi connectivity index (χ0v) is 9.33. The average Bonchev–Trinajstić information content (AvgIpc) is 2.31. The van der Waals surface area contributed by atoms with Gasteiger partial charge in [-0.25, -0.2) is 14.3 Å². The predicted molar refractivity (Wildman–Crippen MR) is 56.0 cm³/mol. The standard InChI is InChI=1S/C11H13F2NO3/c1-16-5-6-17-14-10(15)7-8-3-2-4-9(12)11(8)13/h2-4H,5-7H2,1H3,(H,14,15). The van der Waals surface area contributed by atoms with Crippen LogP contribution in [-0.2, 0) is 20.8 Å². The molecule has 0 heterocycles. The van der Waals surface area contributed by atoms with Gasteiger partial charge in [-0.2, -0.15) is 0 Å². The van der Waals surface area contributed by atoms with Crippen molar-refractivity contribution in [3.63, 3.8) is 0 Å². The Bertz CT molecular complexity index is 385. The van der Waals surface area contributed by atoms with Crippen LogP contribution in [0.5, 0.6) is 0 Å². The molecule has 94 valence electrons. The highest BCUT2D eigenvalue weighted by Gasteiger charge is 2.11. The molecule has 0 saturated carbocycles. The number of nitrogens with one attached hydrogen (secondary N) is 1. The van der Waals surface area contributed by atoms with E-state index in [9.17, 15) is 13.6 Å². The molecule has 4 nitrogen and oxygen atoms in total. The lowest BCUT2D eigenvalue weighted by Gasteiger charge is -2.06. The fraction of sp³-hybridized carbons (Fsp3) is 0.364. The molecule has 0 aliphatic heterocycles. The van der Waals surface area contributed by atoms with Gasteiger partial charge < -0.3 is 4.74 Å². The normalized spacial score (nSPS) is 10.3. The topological polar surface area (TPSA) is 47.6 Å². The quantitative estimate of drug-likeness (QED) is 0.605. The number of ether oxygens (including phenoxy) is 1. The summed E-state index contributed by atoms with van der Waals surface area (Å²) >= 11 is 0. The smallest absolute Gasteiger partial charge is 0.248 e. The van der Waals surface area contributed by atoms with Gasteiger partial charge in [0.1, 0.15) is 0 Å². The van der Waals surface area contributed by atoms with E-state index in [1.54, 1.807) is 0 Å². The van der Waals surface area contributed by atoms with Gasteiger partial charge in [-0.3, -0.25) is 9.63 Å². The minimum absolute atomic E-state index is 0.0159. The molecule has 0 aromatic heterocycles. The van der Waals surface area contributed by atoms with Crippen LogP contribution in [0.1, 0.15) is 5.56 Å².